The molecule has 0 bridgehead atoms. The van der Waals surface area contributed by atoms with Crippen molar-refractivity contribution >= 4 is 11.9 Å². The number of piperazine rings is 1. The van der Waals surface area contributed by atoms with E-state index in [1.54, 1.807) is 0 Å². The molecule has 0 radical (unpaired) electrons. The number of hydrogen-bond acceptors (Lipinski definition) is 4. The van der Waals surface area contributed by atoms with E-state index >= 15 is 0 Å². The van der Waals surface area contributed by atoms with Crippen LogP contribution >= 0.6 is 0 Å². The lowest BCUT2D eigenvalue weighted by Crippen LogP contribution is -2.51. The van der Waals surface area contributed by atoms with Crippen LogP contribution < -0.4 is 5.32 Å². The molecule has 1 saturated heterocycles. The molecule has 0 aromatic carbocycles. The number of nitrogens with one attached hydrogen (secondary N) is 1. The maximum absolute atomic E-state index is 10.5. The Morgan fingerprint density at radius 1 is 1.25 bits per heavy atom. The molecule has 92 valence electrons. The van der Waals surface area contributed by atoms with Gasteiger partial charge in [-0.05, 0) is 6.42 Å². The van der Waals surface area contributed by atoms with Crippen LogP contribution in [0.25, 0.3) is 0 Å². The summed E-state index contributed by atoms with van der Waals surface area (Å²) in [5.41, 5.74) is 0. The zero-order valence-electron chi connectivity index (χ0n) is 9.19. The molecular weight excluding hydrogens is 212 g/mol. The van der Waals surface area contributed by atoms with E-state index in [2.05, 4.69) is 10.2 Å². The van der Waals surface area contributed by atoms with Crippen molar-refractivity contribution in [2.75, 3.05) is 26.2 Å². The standard InChI is InChI=1S/C10H18N2O4/c13-9(14)2-1-8-7-11-4-6-12(8)5-3-10(15)16/h8,11H,1-7H2,(H,13,14)(H,15,16). The Kier molecular flexibility index (Phi) is 5.21. The number of nitrogens with zero attached hydrogens (tertiary/aromatic N) is 1. The van der Waals surface area contributed by atoms with E-state index in [4.69, 9.17) is 10.2 Å². The molecule has 1 aliphatic rings. The highest BCUT2D eigenvalue weighted by Crippen LogP contribution is 2.10. The van der Waals surface area contributed by atoms with Gasteiger partial charge in [0.1, 0.15) is 0 Å². The van der Waals surface area contributed by atoms with Gasteiger partial charge in [0.2, 0.25) is 0 Å². The van der Waals surface area contributed by atoms with Crippen LogP contribution in [0.5, 0.6) is 0 Å². The summed E-state index contributed by atoms with van der Waals surface area (Å²) in [5, 5.41) is 20.4. The van der Waals surface area contributed by atoms with E-state index < -0.39 is 11.9 Å². The minimum absolute atomic E-state index is 0.115. The molecule has 16 heavy (non-hydrogen) atoms. The fraction of sp³-hybridized carbons (Fsp3) is 0.800. The van der Waals surface area contributed by atoms with Gasteiger partial charge in [-0.3, -0.25) is 14.5 Å². The molecule has 0 aromatic rings. The fourth-order valence-corrected chi connectivity index (χ4v) is 1.91. The summed E-state index contributed by atoms with van der Waals surface area (Å²) in [7, 11) is 0. The molecule has 1 fully saturated rings. The van der Waals surface area contributed by atoms with Crippen LogP contribution in [0.4, 0.5) is 0 Å². The van der Waals surface area contributed by atoms with Crippen molar-refractivity contribution in [1.29, 1.82) is 0 Å². The molecule has 0 aliphatic carbocycles. The van der Waals surface area contributed by atoms with Gasteiger partial charge >= 0.3 is 11.9 Å². The van der Waals surface area contributed by atoms with Crippen molar-refractivity contribution in [3.8, 4) is 0 Å². The second-order valence-corrected chi connectivity index (χ2v) is 3.97. The molecule has 1 rings (SSSR count). The predicted molar refractivity (Wildman–Crippen MR) is 57.4 cm³/mol. The van der Waals surface area contributed by atoms with Gasteiger partial charge in [-0.1, -0.05) is 0 Å². The number of hydrogen-bond donors (Lipinski definition) is 3. The minimum atomic E-state index is -0.810. The topological polar surface area (TPSA) is 89.9 Å². The highest BCUT2D eigenvalue weighted by atomic mass is 16.4. The number of aliphatic carboxylic acids is 2. The zero-order valence-corrected chi connectivity index (χ0v) is 9.19. The molecule has 0 saturated carbocycles. The van der Waals surface area contributed by atoms with Crippen LogP contribution in [0.2, 0.25) is 0 Å². The Morgan fingerprint density at radius 2 is 1.94 bits per heavy atom. The van der Waals surface area contributed by atoms with Crippen molar-refractivity contribution in [2.24, 2.45) is 0 Å². The second-order valence-electron chi connectivity index (χ2n) is 3.97. The SMILES string of the molecule is O=C(O)CCC1CNCCN1CCC(=O)O. The lowest BCUT2D eigenvalue weighted by molar-refractivity contribution is -0.139. The van der Waals surface area contributed by atoms with Crippen LogP contribution in [0.1, 0.15) is 19.3 Å². The Balaban J connectivity index is 2.37. The van der Waals surface area contributed by atoms with Crippen molar-refractivity contribution in [3.05, 3.63) is 0 Å². The van der Waals surface area contributed by atoms with Gasteiger partial charge in [0.05, 0.1) is 6.42 Å². The summed E-state index contributed by atoms with van der Waals surface area (Å²) in [6, 6.07) is 0.143. The maximum atomic E-state index is 10.5. The van der Waals surface area contributed by atoms with Crippen LogP contribution in [0.3, 0.4) is 0 Å². The average molecular weight is 230 g/mol. The number of carboxylic acid groups (broad SMARTS) is 2. The summed E-state index contributed by atoms with van der Waals surface area (Å²) in [6.45, 7) is 2.87. The van der Waals surface area contributed by atoms with Gasteiger partial charge in [0, 0.05) is 38.6 Å². The third-order valence-electron chi connectivity index (χ3n) is 2.78. The third kappa shape index (κ3) is 4.59. The quantitative estimate of drug-likeness (QED) is 0.575. The molecule has 0 spiro atoms. The predicted octanol–water partition coefficient (Wildman–Crippen LogP) is -0.400. The van der Waals surface area contributed by atoms with Crippen molar-refractivity contribution in [2.45, 2.75) is 25.3 Å². The van der Waals surface area contributed by atoms with E-state index in [1.165, 1.54) is 0 Å². The highest BCUT2D eigenvalue weighted by Gasteiger charge is 2.22. The molecule has 1 heterocycles. The second kappa shape index (κ2) is 6.44. The van der Waals surface area contributed by atoms with Crippen LogP contribution in [0.15, 0.2) is 0 Å². The van der Waals surface area contributed by atoms with Crippen molar-refractivity contribution in [1.82, 2.24) is 10.2 Å². The van der Waals surface area contributed by atoms with Crippen molar-refractivity contribution in [3.63, 3.8) is 0 Å². The minimum Gasteiger partial charge on any atom is -0.481 e. The third-order valence-corrected chi connectivity index (χ3v) is 2.78. The average Bonchev–Trinajstić information content (AvgIpc) is 2.24. The van der Waals surface area contributed by atoms with E-state index in [-0.39, 0.29) is 18.9 Å². The molecule has 0 aromatic heterocycles. The van der Waals surface area contributed by atoms with Gasteiger partial charge in [0.15, 0.2) is 0 Å². The largest absolute Gasteiger partial charge is 0.481 e. The Labute approximate surface area is 94.2 Å². The molecule has 1 unspecified atom stereocenters. The molecular formula is C10H18N2O4. The van der Waals surface area contributed by atoms with Gasteiger partial charge in [0.25, 0.3) is 0 Å². The smallest absolute Gasteiger partial charge is 0.304 e. The Hall–Kier alpha value is -1.14. The molecule has 3 N–H and O–H groups in total. The van der Waals surface area contributed by atoms with E-state index in [9.17, 15) is 9.59 Å². The molecule has 1 atom stereocenters. The van der Waals surface area contributed by atoms with Gasteiger partial charge in [-0.25, -0.2) is 0 Å². The summed E-state index contributed by atoms with van der Waals surface area (Å²) >= 11 is 0. The summed E-state index contributed by atoms with van der Waals surface area (Å²) in [6.07, 6.45) is 0.821. The maximum Gasteiger partial charge on any atom is 0.304 e. The normalized spacial score (nSPS) is 21.9. The van der Waals surface area contributed by atoms with Crippen LogP contribution in [-0.2, 0) is 9.59 Å². The molecule has 0 amide bonds. The highest BCUT2D eigenvalue weighted by molar-refractivity contribution is 5.67. The summed E-state index contributed by atoms with van der Waals surface area (Å²) in [4.78, 5) is 23.0. The van der Waals surface area contributed by atoms with Crippen LogP contribution in [0, 0.1) is 0 Å². The monoisotopic (exact) mass is 230 g/mol. The first-order chi connectivity index (χ1) is 7.59. The van der Waals surface area contributed by atoms with E-state index in [1.807, 2.05) is 0 Å². The molecule has 6 nitrogen and oxygen atoms in total. The van der Waals surface area contributed by atoms with Gasteiger partial charge < -0.3 is 15.5 Å². The van der Waals surface area contributed by atoms with Gasteiger partial charge in [-0.2, -0.15) is 0 Å². The first-order valence-corrected chi connectivity index (χ1v) is 5.48. The Bertz CT molecular complexity index is 231. The van der Waals surface area contributed by atoms with E-state index in [0.29, 0.717) is 13.0 Å². The lowest BCUT2D eigenvalue weighted by atomic mass is 10.1. The summed E-state index contributed by atoms with van der Waals surface area (Å²) in [5.74, 6) is -1.61. The number of carboxylic acids is 2. The molecule has 6 heteroatoms. The summed E-state index contributed by atoms with van der Waals surface area (Å²) < 4.78 is 0. The van der Waals surface area contributed by atoms with Gasteiger partial charge in [-0.15, -0.1) is 0 Å². The number of carbonyl (C=O) groups is 2. The first-order valence-electron chi connectivity index (χ1n) is 5.48. The Morgan fingerprint density at radius 3 is 2.56 bits per heavy atom. The lowest BCUT2D eigenvalue weighted by Gasteiger charge is -2.35. The van der Waals surface area contributed by atoms with Crippen LogP contribution in [-0.4, -0.2) is 59.3 Å². The fourth-order valence-electron chi connectivity index (χ4n) is 1.91. The van der Waals surface area contributed by atoms with E-state index in [0.717, 1.165) is 19.6 Å². The zero-order chi connectivity index (χ0) is 12.0. The van der Waals surface area contributed by atoms with Crippen molar-refractivity contribution < 1.29 is 19.8 Å². The first kappa shape index (κ1) is 12.9. The number of rotatable bonds is 6. The molecule has 1 aliphatic heterocycles.